The number of nitrogens with zero attached hydrogens (tertiary/aromatic N) is 3. The van der Waals surface area contributed by atoms with E-state index in [1.54, 1.807) is 40.1 Å². The SMILES string of the molecule is COc1ccc(C)cc1NC(=O)c1cccc(C(=O)N2CCN(C=O)CC2)n1. The first-order chi connectivity index (χ1) is 13.5. The van der Waals surface area contributed by atoms with Gasteiger partial charge in [-0.15, -0.1) is 0 Å². The van der Waals surface area contributed by atoms with Gasteiger partial charge in [0.2, 0.25) is 6.41 Å². The third-order valence-corrected chi connectivity index (χ3v) is 4.55. The summed E-state index contributed by atoms with van der Waals surface area (Å²) in [6.45, 7) is 3.77. The average Bonchev–Trinajstić information content (AvgIpc) is 2.73. The molecule has 1 aliphatic heterocycles. The zero-order valence-corrected chi connectivity index (χ0v) is 15.8. The molecule has 0 spiro atoms. The van der Waals surface area contributed by atoms with E-state index < -0.39 is 5.91 Å². The number of nitrogens with one attached hydrogen (secondary N) is 1. The molecule has 8 heteroatoms. The summed E-state index contributed by atoms with van der Waals surface area (Å²) in [5, 5.41) is 2.78. The first-order valence-corrected chi connectivity index (χ1v) is 8.93. The lowest BCUT2D eigenvalue weighted by atomic mass is 10.2. The van der Waals surface area contributed by atoms with Crippen molar-refractivity contribution in [3.63, 3.8) is 0 Å². The first kappa shape index (κ1) is 19.3. The molecular weight excluding hydrogens is 360 g/mol. The van der Waals surface area contributed by atoms with Crippen molar-refractivity contribution in [1.29, 1.82) is 0 Å². The first-order valence-electron chi connectivity index (χ1n) is 8.93. The second-order valence-corrected chi connectivity index (χ2v) is 6.50. The minimum Gasteiger partial charge on any atom is -0.495 e. The number of amides is 3. The molecule has 8 nitrogen and oxygen atoms in total. The third-order valence-electron chi connectivity index (χ3n) is 4.55. The third kappa shape index (κ3) is 4.28. The van der Waals surface area contributed by atoms with Gasteiger partial charge in [0.1, 0.15) is 17.1 Å². The van der Waals surface area contributed by atoms with E-state index in [4.69, 9.17) is 4.74 Å². The molecule has 146 valence electrons. The van der Waals surface area contributed by atoms with E-state index in [1.165, 1.54) is 7.11 Å². The Labute approximate surface area is 163 Å². The zero-order chi connectivity index (χ0) is 20.1. The van der Waals surface area contributed by atoms with Crippen LogP contribution in [0.15, 0.2) is 36.4 Å². The summed E-state index contributed by atoms with van der Waals surface area (Å²) < 4.78 is 5.27. The Morgan fingerprint density at radius 3 is 2.50 bits per heavy atom. The molecule has 2 aromatic rings. The monoisotopic (exact) mass is 382 g/mol. The van der Waals surface area contributed by atoms with Gasteiger partial charge in [0, 0.05) is 26.2 Å². The van der Waals surface area contributed by atoms with Crippen LogP contribution in [0.25, 0.3) is 0 Å². The summed E-state index contributed by atoms with van der Waals surface area (Å²) in [7, 11) is 1.53. The molecule has 1 aromatic heterocycles. The number of methoxy groups -OCH3 is 1. The topological polar surface area (TPSA) is 91.8 Å². The van der Waals surface area contributed by atoms with E-state index in [9.17, 15) is 14.4 Å². The van der Waals surface area contributed by atoms with Crippen molar-refractivity contribution in [1.82, 2.24) is 14.8 Å². The molecule has 0 bridgehead atoms. The van der Waals surface area contributed by atoms with E-state index >= 15 is 0 Å². The summed E-state index contributed by atoms with van der Waals surface area (Å²) >= 11 is 0. The zero-order valence-electron chi connectivity index (χ0n) is 15.8. The molecule has 1 aliphatic rings. The molecule has 0 radical (unpaired) electrons. The van der Waals surface area contributed by atoms with E-state index in [2.05, 4.69) is 10.3 Å². The molecule has 1 aromatic carbocycles. The lowest BCUT2D eigenvalue weighted by Crippen LogP contribution is -2.48. The van der Waals surface area contributed by atoms with Crippen LogP contribution in [0.1, 0.15) is 26.5 Å². The van der Waals surface area contributed by atoms with Gasteiger partial charge >= 0.3 is 0 Å². The number of rotatable bonds is 5. The van der Waals surface area contributed by atoms with Gasteiger partial charge in [-0.2, -0.15) is 0 Å². The van der Waals surface area contributed by atoms with Crippen LogP contribution in [0.3, 0.4) is 0 Å². The summed E-state index contributed by atoms with van der Waals surface area (Å²) in [5.74, 6) is -0.142. The Kier molecular flexibility index (Phi) is 5.88. The van der Waals surface area contributed by atoms with Crippen LogP contribution in [-0.2, 0) is 4.79 Å². The Morgan fingerprint density at radius 1 is 1.11 bits per heavy atom. The largest absolute Gasteiger partial charge is 0.495 e. The maximum Gasteiger partial charge on any atom is 0.274 e. The number of anilines is 1. The second kappa shape index (κ2) is 8.51. The highest BCUT2D eigenvalue weighted by Gasteiger charge is 2.23. The number of hydrogen-bond donors (Lipinski definition) is 1. The quantitative estimate of drug-likeness (QED) is 0.793. The Bertz CT molecular complexity index is 892. The number of aromatic nitrogens is 1. The second-order valence-electron chi connectivity index (χ2n) is 6.50. The molecule has 28 heavy (non-hydrogen) atoms. The number of pyridine rings is 1. The number of carbonyl (C=O) groups is 3. The number of ether oxygens (including phenoxy) is 1. The fourth-order valence-electron chi connectivity index (χ4n) is 2.98. The molecule has 0 aliphatic carbocycles. The molecule has 0 atom stereocenters. The maximum absolute atomic E-state index is 12.7. The molecular formula is C20H22N4O4. The van der Waals surface area contributed by atoms with Gasteiger partial charge in [0.25, 0.3) is 11.8 Å². The van der Waals surface area contributed by atoms with E-state index in [1.807, 2.05) is 13.0 Å². The van der Waals surface area contributed by atoms with Gasteiger partial charge in [-0.05, 0) is 36.8 Å². The van der Waals surface area contributed by atoms with Crippen LogP contribution in [0.4, 0.5) is 5.69 Å². The maximum atomic E-state index is 12.7. The van der Waals surface area contributed by atoms with Crippen LogP contribution in [0, 0.1) is 6.92 Å². The van der Waals surface area contributed by atoms with Crippen molar-refractivity contribution in [3.05, 3.63) is 53.3 Å². The number of carbonyl (C=O) groups excluding carboxylic acids is 3. The predicted octanol–water partition coefficient (Wildman–Crippen LogP) is 1.57. The van der Waals surface area contributed by atoms with Gasteiger partial charge in [0.15, 0.2) is 0 Å². The molecule has 3 rings (SSSR count). The number of piperazine rings is 1. The molecule has 0 unspecified atom stereocenters. The van der Waals surface area contributed by atoms with Gasteiger partial charge in [0.05, 0.1) is 12.8 Å². The summed E-state index contributed by atoms with van der Waals surface area (Å²) in [4.78, 5) is 43.6. The summed E-state index contributed by atoms with van der Waals surface area (Å²) in [6.07, 6.45) is 0.782. The standard InChI is InChI=1S/C20H22N4O4/c1-14-6-7-18(28-2)17(12-14)22-19(26)15-4-3-5-16(21-15)20(27)24-10-8-23(13-25)9-11-24/h3-7,12-13H,8-11H2,1-2H3,(H,22,26). The minimum atomic E-state index is -0.427. The molecule has 1 N–H and O–H groups in total. The fraction of sp³-hybridized carbons (Fsp3) is 0.300. The average molecular weight is 382 g/mol. The van der Waals surface area contributed by atoms with Crippen molar-refractivity contribution in [2.75, 3.05) is 38.6 Å². The number of hydrogen-bond acceptors (Lipinski definition) is 5. The van der Waals surface area contributed by atoms with Gasteiger partial charge in [-0.25, -0.2) is 4.98 Å². The van der Waals surface area contributed by atoms with Crippen molar-refractivity contribution < 1.29 is 19.1 Å². The number of benzene rings is 1. The number of aryl methyl sites for hydroxylation is 1. The van der Waals surface area contributed by atoms with E-state index in [0.29, 0.717) is 37.6 Å². The molecule has 2 heterocycles. The van der Waals surface area contributed by atoms with Crippen molar-refractivity contribution in [3.8, 4) is 5.75 Å². The minimum absolute atomic E-state index is 0.140. The van der Waals surface area contributed by atoms with Crippen LogP contribution >= 0.6 is 0 Å². The molecule has 0 saturated carbocycles. The lowest BCUT2D eigenvalue weighted by molar-refractivity contribution is -0.119. The predicted molar refractivity (Wildman–Crippen MR) is 103 cm³/mol. The Hall–Kier alpha value is -3.42. The van der Waals surface area contributed by atoms with E-state index in [0.717, 1.165) is 12.0 Å². The molecule has 1 saturated heterocycles. The van der Waals surface area contributed by atoms with Crippen LogP contribution in [0.2, 0.25) is 0 Å². The van der Waals surface area contributed by atoms with Gasteiger partial charge in [-0.1, -0.05) is 12.1 Å². The van der Waals surface area contributed by atoms with Crippen LogP contribution < -0.4 is 10.1 Å². The lowest BCUT2D eigenvalue weighted by Gasteiger charge is -2.32. The van der Waals surface area contributed by atoms with Crippen molar-refractivity contribution in [2.24, 2.45) is 0 Å². The fourth-order valence-corrected chi connectivity index (χ4v) is 2.98. The smallest absolute Gasteiger partial charge is 0.274 e. The van der Waals surface area contributed by atoms with Gasteiger partial charge in [-0.3, -0.25) is 14.4 Å². The summed E-state index contributed by atoms with van der Waals surface area (Å²) in [5.41, 5.74) is 1.85. The van der Waals surface area contributed by atoms with Crippen molar-refractivity contribution in [2.45, 2.75) is 6.92 Å². The Morgan fingerprint density at radius 2 is 1.82 bits per heavy atom. The summed E-state index contributed by atoms with van der Waals surface area (Å²) in [6, 6.07) is 10.2. The highest BCUT2D eigenvalue weighted by atomic mass is 16.5. The molecule has 1 fully saturated rings. The van der Waals surface area contributed by atoms with Crippen molar-refractivity contribution >= 4 is 23.9 Å². The van der Waals surface area contributed by atoms with Crippen LogP contribution in [0.5, 0.6) is 5.75 Å². The highest BCUT2D eigenvalue weighted by molar-refractivity contribution is 6.04. The normalized spacial score (nSPS) is 13.8. The van der Waals surface area contributed by atoms with Crippen LogP contribution in [-0.4, -0.2) is 66.3 Å². The highest BCUT2D eigenvalue weighted by Crippen LogP contribution is 2.25. The Balaban J connectivity index is 1.74. The molecule has 3 amide bonds. The van der Waals surface area contributed by atoms with E-state index in [-0.39, 0.29) is 17.3 Å². The van der Waals surface area contributed by atoms with Gasteiger partial charge < -0.3 is 19.9 Å².